The van der Waals surface area contributed by atoms with Crippen molar-refractivity contribution in [1.29, 1.82) is 0 Å². The number of benzene rings is 1. The predicted octanol–water partition coefficient (Wildman–Crippen LogP) is 3.85. The highest BCUT2D eigenvalue weighted by molar-refractivity contribution is 6.30. The molecule has 0 amide bonds. The highest BCUT2D eigenvalue weighted by Gasteiger charge is 2.30. The van der Waals surface area contributed by atoms with E-state index in [9.17, 15) is 0 Å². The molecule has 1 aliphatic carbocycles. The van der Waals surface area contributed by atoms with Crippen LogP contribution in [0.3, 0.4) is 0 Å². The molecular formula is C16H25ClN2. The summed E-state index contributed by atoms with van der Waals surface area (Å²) in [5, 5.41) is 0.788. The summed E-state index contributed by atoms with van der Waals surface area (Å²) in [5.41, 5.74) is 7.55. The van der Waals surface area contributed by atoms with Crippen LogP contribution in [0.4, 0.5) is 0 Å². The zero-order chi connectivity index (χ0) is 13.8. The van der Waals surface area contributed by atoms with Gasteiger partial charge in [-0.1, -0.05) is 30.7 Å². The molecule has 0 spiro atoms. The fraction of sp³-hybridized carbons (Fsp3) is 0.625. The second-order valence-electron chi connectivity index (χ2n) is 5.79. The Labute approximate surface area is 121 Å². The van der Waals surface area contributed by atoms with Crippen molar-refractivity contribution in [3.8, 4) is 0 Å². The van der Waals surface area contributed by atoms with Gasteiger partial charge in [-0.25, -0.2) is 0 Å². The number of hydrogen-bond acceptors (Lipinski definition) is 2. The van der Waals surface area contributed by atoms with Gasteiger partial charge in [-0.2, -0.15) is 0 Å². The minimum absolute atomic E-state index is 0.131. The topological polar surface area (TPSA) is 29.3 Å². The highest BCUT2D eigenvalue weighted by Crippen LogP contribution is 2.34. The second-order valence-corrected chi connectivity index (χ2v) is 6.23. The van der Waals surface area contributed by atoms with Crippen LogP contribution < -0.4 is 5.73 Å². The summed E-state index contributed by atoms with van der Waals surface area (Å²) in [6.45, 7) is 6.64. The van der Waals surface area contributed by atoms with Crippen molar-refractivity contribution in [2.24, 2.45) is 11.7 Å². The molecule has 106 valence electrons. The van der Waals surface area contributed by atoms with E-state index in [0.29, 0.717) is 6.04 Å². The van der Waals surface area contributed by atoms with Crippen molar-refractivity contribution in [3.63, 3.8) is 0 Å². The third kappa shape index (κ3) is 4.20. The molecule has 0 saturated heterocycles. The summed E-state index contributed by atoms with van der Waals surface area (Å²) >= 11 is 5.99. The first-order valence-corrected chi connectivity index (χ1v) is 7.74. The van der Waals surface area contributed by atoms with Gasteiger partial charge in [0.05, 0.1) is 0 Å². The van der Waals surface area contributed by atoms with Gasteiger partial charge in [-0.15, -0.1) is 0 Å². The third-order valence-electron chi connectivity index (χ3n) is 3.80. The summed E-state index contributed by atoms with van der Waals surface area (Å²) in [5.74, 6) is 0.889. The van der Waals surface area contributed by atoms with Gasteiger partial charge in [0, 0.05) is 23.7 Å². The monoisotopic (exact) mass is 280 g/mol. The maximum Gasteiger partial charge on any atom is 0.0496 e. The van der Waals surface area contributed by atoms with Crippen molar-refractivity contribution in [2.45, 2.75) is 45.2 Å². The molecule has 0 aromatic heterocycles. The van der Waals surface area contributed by atoms with Crippen LogP contribution in [-0.4, -0.2) is 24.0 Å². The third-order valence-corrected chi connectivity index (χ3v) is 4.06. The zero-order valence-electron chi connectivity index (χ0n) is 12.0. The smallest absolute Gasteiger partial charge is 0.0496 e. The Hall–Kier alpha value is -0.570. The minimum atomic E-state index is 0.131. The SMILES string of the molecule is CCCN(CC1CC1)C(c1ccc(Cl)cc1)C(C)N. The molecule has 2 unspecified atom stereocenters. The Kier molecular flexibility index (Phi) is 5.26. The molecule has 1 saturated carbocycles. The van der Waals surface area contributed by atoms with Crippen LogP contribution in [0.15, 0.2) is 24.3 Å². The fourth-order valence-corrected chi connectivity index (χ4v) is 2.90. The highest BCUT2D eigenvalue weighted by atomic mass is 35.5. The molecule has 1 aromatic carbocycles. The van der Waals surface area contributed by atoms with Gasteiger partial charge in [-0.05, 0) is 56.3 Å². The van der Waals surface area contributed by atoms with Crippen LogP contribution in [0.5, 0.6) is 0 Å². The van der Waals surface area contributed by atoms with Crippen LogP contribution in [0.1, 0.15) is 44.7 Å². The van der Waals surface area contributed by atoms with Crippen LogP contribution in [0, 0.1) is 5.92 Å². The van der Waals surface area contributed by atoms with E-state index < -0.39 is 0 Å². The largest absolute Gasteiger partial charge is 0.326 e. The molecule has 19 heavy (non-hydrogen) atoms. The Morgan fingerprint density at radius 1 is 1.32 bits per heavy atom. The van der Waals surface area contributed by atoms with Crippen LogP contribution in [0.2, 0.25) is 5.02 Å². The van der Waals surface area contributed by atoms with Gasteiger partial charge in [-0.3, -0.25) is 4.90 Å². The molecule has 3 heteroatoms. The summed E-state index contributed by atoms with van der Waals surface area (Å²) < 4.78 is 0. The van der Waals surface area contributed by atoms with Crippen molar-refractivity contribution >= 4 is 11.6 Å². The quantitative estimate of drug-likeness (QED) is 0.822. The summed E-state index contributed by atoms with van der Waals surface area (Å²) in [6, 6.07) is 8.60. The van der Waals surface area contributed by atoms with Gasteiger partial charge in [0.25, 0.3) is 0 Å². The minimum Gasteiger partial charge on any atom is -0.326 e. The summed E-state index contributed by atoms with van der Waals surface area (Å²) in [6.07, 6.45) is 3.93. The molecule has 2 N–H and O–H groups in total. The number of hydrogen-bond donors (Lipinski definition) is 1. The molecule has 0 aliphatic heterocycles. The first-order valence-electron chi connectivity index (χ1n) is 7.37. The lowest BCUT2D eigenvalue weighted by Gasteiger charge is -2.34. The molecule has 2 nitrogen and oxygen atoms in total. The lowest BCUT2D eigenvalue weighted by molar-refractivity contribution is 0.169. The van der Waals surface area contributed by atoms with E-state index in [4.69, 9.17) is 17.3 Å². The van der Waals surface area contributed by atoms with E-state index in [1.807, 2.05) is 12.1 Å². The standard InChI is InChI=1S/C16H25ClN2/c1-3-10-19(11-13-4-5-13)16(12(2)18)14-6-8-15(17)9-7-14/h6-9,12-13,16H,3-5,10-11,18H2,1-2H3. The van der Waals surface area contributed by atoms with E-state index in [-0.39, 0.29) is 6.04 Å². The summed E-state index contributed by atoms with van der Waals surface area (Å²) in [4.78, 5) is 2.56. The lowest BCUT2D eigenvalue weighted by atomic mass is 9.98. The van der Waals surface area contributed by atoms with Crippen LogP contribution in [0.25, 0.3) is 0 Å². The Morgan fingerprint density at radius 3 is 2.42 bits per heavy atom. The van der Waals surface area contributed by atoms with Gasteiger partial charge in [0.2, 0.25) is 0 Å². The average Bonchev–Trinajstić information content (AvgIpc) is 3.16. The molecule has 2 rings (SSSR count). The first kappa shape index (κ1) is 14.8. The second kappa shape index (κ2) is 6.74. The lowest BCUT2D eigenvalue weighted by Crippen LogP contribution is -2.41. The van der Waals surface area contributed by atoms with Crippen molar-refractivity contribution < 1.29 is 0 Å². The average molecular weight is 281 g/mol. The van der Waals surface area contributed by atoms with E-state index in [1.165, 1.54) is 31.4 Å². The molecule has 0 radical (unpaired) electrons. The number of halogens is 1. The predicted molar refractivity (Wildman–Crippen MR) is 82.4 cm³/mol. The Morgan fingerprint density at radius 2 is 1.95 bits per heavy atom. The van der Waals surface area contributed by atoms with E-state index >= 15 is 0 Å². The van der Waals surface area contributed by atoms with Crippen LogP contribution >= 0.6 is 11.6 Å². The molecule has 1 aromatic rings. The van der Waals surface area contributed by atoms with Crippen molar-refractivity contribution in [1.82, 2.24) is 4.90 Å². The molecule has 1 aliphatic rings. The first-order chi connectivity index (χ1) is 9.11. The number of nitrogens with two attached hydrogens (primary N) is 1. The maximum absolute atomic E-state index is 6.26. The van der Waals surface area contributed by atoms with E-state index in [0.717, 1.165) is 17.5 Å². The summed E-state index contributed by atoms with van der Waals surface area (Å²) in [7, 11) is 0. The number of nitrogens with zero attached hydrogens (tertiary/aromatic N) is 1. The fourth-order valence-electron chi connectivity index (χ4n) is 2.77. The van der Waals surface area contributed by atoms with Gasteiger partial charge in [0.1, 0.15) is 0 Å². The molecule has 2 atom stereocenters. The van der Waals surface area contributed by atoms with Crippen molar-refractivity contribution in [3.05, 3.63) is 34.9 Å². The van der Waals surface area contributed by atoms with E-state index in [1.54, 1.807) is 0 Å². The molecular weight excluding hydrogens is 256 g/mol. The molecule has 0 bridgehead atoms. The Balaban J connectivity index is 2.17. The van der Waals surface area contributed by atoms with Crippen LogP contribution in [-0.2, 0) is 0 Å². The Bertz CT molecular complexity index is 384. The number of rotatable bonds is 7. The van der Waals surface area contributed by atoms with E-state index in [2.05, 4.69) is 30.9 Å². The zero-order valence-corrected chi connectivity index (χ0v) is 12.7. The molecule has 1 fully saturated rings. The molecule has 0 heterocycles. The van der Waals surface area contributed by atoms with Gasteiger partial charge < -0.3 is 5.73 Å². The van der Waals surface area contributed by atoms with Gasteiger partial charge in [0.15, 0.2) is 0 Å². The van der Waals surface area contributed by atoms with Crippen molar-refractivity contribution in [2.75, 3.05) is 13.1 Å². The maximum atomic E-state index is 6.26. The normalized spacial score (nSPS) is 18.6. The van der Waals surface area contributed by atoms with Gasteiger partial charge >= 0.3 is 0 Å².